The van der Waals surface area contributed by atoms with Crippen LogP contribution in [-0.4, -0.2) is 16.0 Å². The van der Waals surface area contributed by atoms with Crippen molar-refractivity contribution in [3.8, 4) is 0 Å². The van der Waals surface area contributed by atoms with Crippen molar-refractivity contribution in [1.29, 1.82) is 0 Å². The molecular weight excluding hydrogens is 222 g/mol. The Kier molecular flexibility index (Phi) is 4.81. The maximum atomic E-state index is 4.40. The molecule has 1 saturated carbocycles. The molecule has 18 heavy (non-hydrogen) atoms. The summed E-state index contributed by atoms with van der Waals surface area (Å²) in [4.78, 5) is 7.64. The smallest absolute Gasteiger partial charge is 0.123 e. The predicted molar refractivity (Wildman–Crippen MR) is 75.3 cm³/mol. The van der Waals surface area contributed by atoms with Gasteiger partial charge in [0.15, 0.2) is 0 Å². The Balaban J connectivity index is 1.90. The van der Waals surface area contributed by atoms with Crippen molar-refractivity contribution in [1.82, 2.24) is 15.3 Å². The average Bonchev–Trinajstić information content (AvgIpc) is 3.04. The van der Waals surface area contributed by atoms with Crippen LogP contribution in [0.25, 0.3) is 0 Å². The van der Waals surface area contributed by atoms with Gasteiger partial charge in [0.1, 0.15) is 5.82 Å². The summed E-state index contributed by atoms with van der Waals surface area (Å²) in [5.74, 6) is 2.80. The lowest BCUT2D eigenvalue weighted by Gasteiger charge is -2.24. The van der Waals surface area contributed by atoms with Gasteiger partial charge in [0.2, 0.25) is 0 Å². The van der Waals surface area contributed by atoms with Crippen molar-refractivity contribution in [2.45, 2.75) is 65.0 Å². The van der Waals surface area contributed by atoms with Crippen LogP contribution < -0.4 is 5.32 Å². The molecule has 0 saturated heterocycles. The molecule has 1 heterocycles. The van der Waals surface area contributed by atoms with Gasteiger partial charge in [0.05, 0.1) is 6.04 Å². The molecule has 0 bridgehead atoms. The number of imidazole rings is 1. The van der Waals surface area contributed by atoms with E-state index in [-0.39, 0.29) is 0 Å². The molecule has 1 fully saturated rings. The fraction of sp³-hybridized carbons (Fsp3) is 0.800. The van der Waals surface area contributed by atoms with Gasteiger partial charge in [-0.3, -0.25) is 0 Å². The number of aromatic nitrogens is 2. The van der Waals surface area contributed by atoms with E-state index in [2.05, 4.69) is 36.1 Å². The average molecular weight is 249 g/mol. The van der Waals surface area contributed by atoms with Crippen molar-refractivity contribution in [2.75, 3.05) is 0 Å². The van der Waals surface area contributed by atoms with Crippen LogP contribution in [0.5, 0.6) is 0 Å². The molecule has 3 heteroatoms. The van der Waals surface area contributed by atoms with E-state index in [4.69, 9.17) is 0 Å². The zero-order valence-electron chi connectivity index (χ0n) is 11.9. The fourth-order valence-corrected chi connectivity index (χ4v) is 2.58. The molecule has 0 aliphatic heterocycles. The zero-order valence-corrected chi connectivity index (χ0v) is 11.9. The van der Waals surface area contributed by atoms with Crippen LogP contribution in [0.15, 0.2) is 12.4 Å². The first-order valence-electron chi connectivity index (χ1n) is 7.46. The van der Waals surface area contributed by atoms with Crippen molar-refractivity contribution < 1.29 is 0 Å². The number of rotatable bonds is 8. The molecule has 1 aromatic rings. The van der Waals surface area contributed by atoms with Crippen LogP contribution in [0.1, 0.15) is 64.7 Å². The second-order valence-electron chi connectivity index (χ2n) is 6.02. The lowest BCUT2D eigenvalue weighted by atomic mass is 9.99. The monoisotopic (exact) mass is 249 g/mol. The maximum absolute atomic E-state index is 4.40. The van der Waals surface area contributed by atoms with Gasteiger partial charge < -0.3 is 10.3 Å². The van der Waals surface area contributed by atoms with Gasteiger partial charge in [-0.2, -0.15) is 0 Å². The van der Waals surface area contributed by atoms with Crippen molar-refractivity contribution in [3.63, 3.8) is 0 Å². The van der Waals surface area contributed by atoms with E-state index in [0.29, 0.717) is 12.1 Å². The molecular formula is C15H27N3. The van der Waals surface area contributed by atoms with E-state index < -0.39 is 0 Å². The minimum Gasteiger partial charge on any atom is -0.347 e. The molecule has 1 aromatic heterocycles. The molecule has 1 aliphatic rings. The molecule has 2 atom stereocenters. The summed E-state index contributed by atoms with van der Waals surface area (Å²) in [7, 11) is 0. The van der Waals surface area contributed by atoms with E-state index in [9.17, 15) is 0 Å². The van der Waals surface area contributed by atoms with Crippen molar-refractivity contribution >= 4 is 0 Å². The number of hydrogen-bond acceptors (Lipinski definition) is 2. The summed E-state index contributed by atoms with van der Waals surface area (Å²) < 4.78 is 0. The molecule has 2 N–H and O–H groups in total. The molecule has 0 amide bonds. The summed E-state index contributed by atoms with van der Waals surface area (Å²) in [6.45, 7) is 6.86. The van der Waals surface area contributed by atoms with Crippen molar-refractivity contribution in [3.05, 3.63) is 18.2 Å². The Hall–Kier alpha value is -0.830. The zero-order chi connectivity index (χ0) is 13.0. The minimum absolute atomic E-state index is 0.387. The van der Waals surface area contributed by atoms with Gasteiger partial charge in [-0.1, -0.05) is 20.8 Å². The fourth-order valence-electron chi connectivity index (χ4n) is 2.58. The lowest BCUT2D eigenvalue weighted by Crippen LogP contribution is -2.35. The molecule has 102 valence electrons. The summed E-state index contributed by atoms with van der Waals surface area (Å²) >= 11 is 0. The van der Waals surface area contributed by atoms with E-state index in [1.54, 1.807) is 0 Å². The first kappa shape index (κ1) is 13.6. The molecule has 2 unspecified atom stereocenters. The van der Waals surface area contributed by atoms with Gasteiger partial charge in [-0.25, -0.2) is 4.98 Å². The van der Waals surface area contributed by atoms with Crippen LogP contribution in [0.2, 0.25) is 0 Å². The summed E-state index contributed by atoms with van der Waals surface area (Å²) in [6, 6.07) is 1.07. The molecule has 3 nitrogen and oxygen atoms in total. The number of nitrogens with zero attached hydrogens (tertiary/aromatic N) is 1. The summed E-state index contributed by atoms with van der Waals surface area (Å²) in [6.07, 6.45) is 10.3. The molecule has 0 spiro atoms. The van der Waals surface area contributed by atoms with Gasteiger partial charge in [0, 0.05) is 18.4 Å². The predicted octanol–water partition coefficient (Wildman–Crippen LogP) is 3.67. The van der Waals surface area contributed by atoms with Gasteiger partial charge in [-0.15, -0.1) is 0 Å². The molecule has 2 rings (SSSR count). The van der Waals surface area contributed by atoms with Gasteiger partial charge in [0.25, 0.3) is 0 Å². The highest BCUT2D eigenvalue weighted by Gasteiger charge is 2.32. The minimum atomic E-state index is 0.387. The van der Waals surface area contributed by atoms with Crippen LogP contribution in [-0.2, 0) is 0 Å². The first-order chi connectivity index (χ1) is 8.70. The molecule has 0 radical (unpaired) electrons. The van der Waals surface area contributed by atoms with Crippen LogP contribution >= 0.6 is 0 Å². The number of hydrogen-bond donors (Lipinski definition) is 2. The second kappa shape index (κ2) is 6.37. The topological polar surface area (TPSA) is 40.7 Å². The maximum Gasteiger partial charge on any atom is 0.123 e. The van der Waals surface area contributed by atoms with Crippen LogP contribution in [0, 0.1) is 11.8 Å². The van der Waals surface area contributed by atoms with Crippen LogP contribution in [0.3, 0.4) is 0 Å². The second-order valence-corrected chi connectivity index (χ2v) is 6.02. The van der Waals surface area contributed by atoms with E-state index >= 15 is 0 Å². The van der Waals surface area contributed by atoms with Crippen LogP contribution in [0.4, 0.5) is 0 Å². The number of nitrogens with one attached hydrogen (secondary N) is 2. The van der Waals surface area contributed by atoms with Gasteiger partial charge >= 0.3 is 0 Å². The highest BCUT2D eigenvalue weighted by Crippen LogP contribution is 2.36. The van der Waals surface area contributed by atoms with Gasteiger partial charge in [-0.05, 0) is 43.9 Å². The van der Waals surface area contributed by atoms with E-state index in [1.807, 2.05) is 12.4 Å². The first-order valence-corrected chi connectivity index (χ1v) is 7.46. The third-order valence-electron chi connectivity index (χ3n) is 3.92. The highest BCUT2D eigenvalue weighted by atomic mass is 15.0. The Labute approximate surface area is 111 Å². The normalized spacial score (nSPS) is 19.1. The quantitative estimate of drug-likeness (QED) is 0.738. The standard InChI is InChI=1S/C15H27N3/c1-4-13(15-16-9-10-17-15)18-14(12-6-7-12)8-5-11(2)3/h9-14,18H,4-8H2,1-3H3,(H,16,17). The summed E-state index contributed by atoms with van der Waals surface area (Å²) in [5.41, 5.74) is 0. The third-order valence-corrected chi connectivity index (χ3v) is 3.92. The SMILES string of the molecule is CCC(NC(CCC(C)C)C1CC1)c1ncc[nH]1. The molecule has 0 aromatic carbocycles. The number of H-pyrrole nitrogens is 1. The highest BCUT2D eigenvalue weighted by molar-refractivity contribution is 4.98. The third kappa shape index (κ3) is 3.84. The lowest BCUT2D eigenvalue weighted by molar-refractivity contribution is 0.344. The Morgan fingerprint density at radius 2 is 2.17 bits per heavy atom. The summed E-state index contributed by atoms with van der Waals surface area (Å²) in [5, 5.41) is 3.83. The molecule has 1 aliphatic carbocycles. The Bertz CT molecular complexity index is 328. The van der Waals surface area contributed by atoms with E-state index in [0.717, 1.165) is 24.1 Å². The largest absolute Gasteiger partial charge is 0.347 e. The van der Waals surface area contributed by atoms with Crippen molar-refractivity contribution in [2.24, 2.45) is 11.8 Å². The Morgan fingerprint density at radius 1 is 1.39 bits per heavy atom. The Morgan fingerprint density at radius 3 is 2.67 bits per heavy atom. The van der Waals surface area contributed by atoms with E-state index in [1.165, 1.54) is 25.7 Å². The number of aromatic amines is 1.